The second kappa shape index (κ2) is 7.09. The standard InChI is InChI=1S/C14H20N2O4/c1-19-14-6-5-12(10-13(14)16(17)18)20-9-7-11-4-2-3-8-15-11/h5-6,10-11,15H,2-4,7-9H2,1H3. The van der Waals surface area contributed by atoms with Crippen molar-refractivity contribution in [2.45, 2.75) is 31.7 Å². The predicted octanol–water partition coefficient (Wildman–Crippen LogP) is 2.51. The van der Waals surface area contributed by atoms with Crippen LogP contribution in [0.5, 0.6) is 11.5 Å². The van der Waals surface area contributed by atoms with Crippen LogP contribution in [0.3, 0.4) is 0 Å². The van der Waals surface area contributed by atoms with Crippen molar-refractivity contribution in [1.82, 2.24) is 5.32 Å². The van der Waals surface area contributed by atoms with Gasteiger partial charge in [-0.1, -0.05) is 6.42 Å². The van der Waals surface area contributed by atoms with Gasteiger partial charge < -0.3 is 14.8 Å². The molecule has 0 amide bonds. The molecule has 6 nitrogen and oxygen atoms in total. The lowest BCUT2D eigenvalue weighted by atomic mass is 10.0. The van der Waals surface area contributed by atoms with Crippen molar-refractivity contribution < 1.29 is 14.4 Å². The number of ether oxygens (including phenoxy) is 2. The third kappa shape index (κ3) is 3.84. The predicted molar refractivity (Wildman–Crippen MR) is 75.4 cm³/mol. The molecule has 1 atom stereocenters. The van der Waals surface area contributed by atoms with Crippen molar-refractivity contribution in [3.05, 3.63) is 28.3 Å². The number of nitrogens with zero attached hydrogens (tertiary/aromatic N) is 1. The minimum Gasteiger partial charge on any atom is -0.493 e. The van der Waals surface area contributed by atoms with Gasteiger partial charge in [0.25, 0.3) is 0 Å². The quantitative estimate of drug-likeness (QED) is 0.640. The fourth-order valence-electron chi connectivity index (χ4n) is 2.39. The minimum absolute atomic E-state index is 0.0687. The first-order valence-corrected chi connectivity index (χ1v) is 6.89. The molecule has 0 spiro atoms. The van der Waals surface area contributed by atoms with Crippen molar-refractivity contribution in [3.8, 4) is 11.5 Å². The summed E-state index contributed by atoms with van der Waals surface area (Å²) in [4.78, 5) is 10.5. The van der Waals surface area contributed by atoms with Gasteiger partial charge >= 0.3 is 5.69 Å². The monoisotopic (exact) mass is 280 g/mol. The lowest BCUT2D eigenvalue weighted by Crippen LogP contribution is -2.35. The fraction of sp³-hybridized carbons (Fsp3) is 0.571. The van der Waals surface area contributed by atoms with Crippen molar-refractivity contribution >= 4 is 5.69 Å². The van der Waals surface area contributed by atoms with E-state index < -0.39 is 4.92 Å². The molecule has 0 saturated carbocycles. The molecule has 0 radical (unpaired) electrons. The number of nitrogens with one attached hydrogen (secondary N) is 1. The van der Waals surface area contributed by atoms with Crippen LogP contribution in [0.4, 0.5) is 5.69 Å². The van der Waals surface area contributed by atoms with E-state index in [0.717, 1.165) is 13.0 Å². The summed E-state index contributed by atoms with van der Waals surface area (Å²) in [6, 6.07) is 5.16. The molecule has 0 aromatic heterocycles. The second-order valence-corrected chi connectivity index (χ2v) is 4.87. The SMILES string of the molecule is COc1ccc(OCCC2CCCCN2)cc1[N+](=O)[O-]. The second-order valence-electron chi connectivity index (χ2n) is 4.87. The molecule has 1 fully saturated rings. The van der Waals surface area contributed by atoms with Gasteiger partial charge in [-0.2, -0.15) is 0 Å². The molecule has 2 rings (SSSR count). The molecular formula is C14H20N2O4. The van der Waals surface area contributed by atoms with Gasteiger partial charge in [-0.05, 0) is 37.9 Å². The Hall–Kier alpha value is -1.82. The van der Waals surface area contributed by atoms with Crippen LogP contribution in [0.25, 0.3) is 0 Å². The zero-order valence-corrected chi connectivity index (χ0v) is 11.6. The summed E-state index contributed by atoms with van der Waals surface area (Å²) < 4.78 is 10.6. The Morgan fingerprint density at radius 1 is 1.45 bits per heavy atom. The molecule has 1 heterocycles. The Bertz CT molecular complexity index is 458. The van der Waals surface area contributed by atoms with E-state index >= 15 is 0 Å². The fourth-order valence-corrected chi connectivity index (χ4v) is 2.39. The summed E-state index contributed by atoms with van der Waals surface area (Å²) >= 11 is 0. The number of nitro benzene ring substituents is 1. The Labute approximate surface area is 118 Å². The largest absolute Gasteiger partial charge is 0.493 e. The highest BCUT2D eigenvalue weighted by molar-refractivity contribution is 5.50. The highest BCUT2D eigenvalue weighted by Crippen LogP contribution is 2.30. The zero-order chi connectivity index (χ0) is 14.4. The molecule has 1 aromatic rings. The van der Waals surface area contributed by atoms with Gasteiger partial charge in [-0.3, -0.25) is 10.1 Å². The summed E-state index contributed by atoms with van der Waals surface area (Å²) in [5.74, 6) is 0.754. The van der Waals surface area contributed by atoms with Crippen LogP contribution in [0, 0.1) is 10.1 Å². The number of benzene rings is 1. The molecule has 6 heteroatoms. The first kappa shape index (κ1) is 14.6. The smallest absolute Gasteiger partial charge is 0.314 e. The lowest BCUT2D eigenvalue weighted by Gasteiger charge is -2.23. The van der Waals surface area contributed by atoms with E-state index in [1.165, 1.54) is 32.4 Å². The third-order valence-corrected chi connectivity index (χ3v) is 3.49. The number of hydrogen-bond donors (Lipinski definition) is 1. The average Bonchev–Trinajstić information content (AvgIpc) is 2.48. The lowest BCUT2D eigenvalue weighted by molar-refractivity contribution is -0.385. The van der Waals surface area contributed by atoms with Gasteiger partial charge in [-0.25, -0.2) is 0 Å². The van der Waals surface area contributed by atoms with E-state index in [0.29, 0.717) is 18.4 Å². The summed E-state index contributed by atoms with van der Waals surface area (Å²) in [6.07, 6.45) is 4.58. The summed E-state index contributed by atoms with van der Waals surface area (Å²) in [5, 5.41) is 14.4. The van der Waals surface area contributed by atoms with Crippen LogP contribution in [0.2, 0.25) is 0 Å². The van der Waals surface area contributed by atoms with Crippen molar-refractivity contribution in [2.75, 3.05) is 20.3 Å². The first-order chi connectivity index (χ1) is 9.70. The van der Waals surface area contributed by atoms with Crippen LogP contribution in [-0.4, -0.2) is 31.2 Å². The van der Waals surface area contributed by atoms with Gasteiger partial charge in [0.05, 0.1) is 24.7 Å². The first-order valence-electron chi connectivity index (χ1n) is 6.89. The third-order valence-electron chi connectivity index (χ3n) is 3.49. The number of hydrogen-bond acceptors (Lipinski definition) is 5. The van der Waals surface area contributed by atoms with Crippen LogP contribution < -0.4 is 14.8 Å². The Balaban J connectivity index is 1.89. The molecular weight excluding hydrogens is 260 g/mol. The normalized spacial score (nSPS) is 18.6. The highest BCUT2D eigenvalue weighted by atomic mass is 16.6. The molecule has 1 unspecified atom stereocenters. The van der Waals surface area contributed by atoms with E-state index in [1.54, 1.807) is 12.1 Å². The Morgan fingerprint density at radius 3 is 2.95 bits per heavy atom. The zero-order valence-electron chi connectivity index (χ0n) is 11.6. The number of piperidine rings is 1. The molecule has 1 N–H and O–H groups in total. The Morgan fingerprint density at radius 2 is 2.30 bits per heavy atom. The minimum atomic E-state index is -0.464. The molecule has 0 aliphatic carbocycles. The maximum atomic E-state index is 10.9. The molecule has 1 aromatic carbocycles. The molecule has 1 aliphatic heterocycles. The van der Waals surface area contributed by atoms with E-state index in [4.69, 9.17) is 9.47 Å². The summed E-state index contributed by atoms with van der Waals surface area (Å²) in [7, 11) is 1.41. The van der Waals surface area contributed by atoms with E-state index in [2.05, 4.69) is 5.32 Å². The van der Waals surface area contributed by atoms with Crippen LogP contribution in [0.1, 0.15) is 25.7 Å². The summed E-state index contributed by atoms with van der Waals surface area (Å²) in [6.45, 7) is 1.62. The van der Waals surface area contributed by atoms with Crippen molar-refractivity contribution in [1.29, 1.82) is 0 Å². The van der Waals surface area contributed by atoms with E-state index in [1.807, 2.05) is 0 Å². The number of methoxy groups -OCH3 is 1. The molecule has 110 valence electrons. The number of rotatable bonds is 6. The average molecular weight is 280 g/mol. The van der Waals surface area contributed by atoms with Crippen molar-refractivity contribution in [2.24, 2.45) is 0 Å². The van der Waals surface area contributed by atoms with Crippen molar-refractivity contribution in [3.63, 3.8) is 0 Å². The maximum Gasteiger partial charge on any atom is 0.314 e. The van der Waals surface area contributed by atoms with Gasteiger partial charge in [0.15, 0.2) is 5.75 Å². The Kier molecular flexibility index (Phi) is 5.17. The maximum absolute atomic E-state index is 10.9. The topological polar surface area (TPSA) is 73.6 Å². The van der Waals surface area contributed by atoms with Crippen LogP contribution in [0.15, 0.2) is 18.2 Å². The molecule has 20 heavy (non-hydrogen) atoms. The van der Waals surface area contributed by atoms with Gasteiger partial charge in [0.1, 0.15) is 5.75 Å². The van der Waals surface area contributed by atoms with Gasteiger partial charge in [0, 0.05) is 6.04 Å². The molecule has 1 aliphatic rings. The molecule has 0 bridgehead atoms. The highest BCUT2D eigenvalue weighted by Gasteiger charge is 2.16. The van der Waals surface area contributed by atoms with Gasteiger partial charge in [0.2, 0.25) is 0 Å². The van der Waals surface area contributed by atoms with Crippen LogP contribution in [-0.2, 0) is 0 Å². The molecule has 1 saturated heterocycles. The van der Waals surface area contributed by atoms with E-state index in [-0.39, 0.29) is 11.4 Å². The number of nitro groups is 1. The summed E-state index contributed by atoms with van der Waals surface area (Å²) in [5.41, 5.74) is -0.0687. The van der Waals surface area contributed by atoms with Gasteiger partial charge in [-0.15, -0.1) is 0 Å². The van der Waals surface area contributed by atoms with Crippen LogP contribution >= 0.6 is 0 Å². The van der Waals surface area contributed by atoms with E-state index in [9.17, 15) is 10.1 Å².